The fourth-order valence-corrected chi connectivity index (χ4v) is 5.02. The van der Waals surface area contributed by atoms with Gasteiger partial charge in [-0.25, -0.2) is 0 Å². The van der Waals surface area contributed by atoms with E-state index in [9.17, 15) is 4.79 Å². The van der Waals surface area contributed by atoms with Gasteiger partial charge in [-0.05, 0) is 48.7 Å². The lowest BCUT2D eigenvalue weighted by atomic mass is 9.83. The van der Waals surface area contributed by atoms with Crippen LogP contribution >= 0.6 is 0 Å². The minimum atomic E-state index is -0.129. The Labute approximate surface area is 195 Å². The van der Waals surface area contributed by atoms with Gasteiger partial charge in [0.1, 0.15) is 5.75 Å². The van der Waals surface area contributed by atoms with Crippen LogP contribution in [0.25, 0.3) is 0 Å². The van der Waals surface area contributed by atoms with E-state index in [-0.39, 0.29) is 17.9 Å². The van der Waals surface area contributed by atoms with Crippen molar-refractivity contribution in [2.24, 2.45) is 5.92 Å². The first kappa shape index (κ1) is 21.3. The number of methoxy groups -OCH3 is 1. The summed E-state index contributed by atoms with van der Waals surface area (Å²) < 4.78 is 5.50. The number of nitrogens with zero attached hydrogens (tertiary/aromatic N) is 3. The first-order valence-corrected chi connectivity index (χ1v) is 11.5. The highest BCUT2D eigenvalue weighted by molar-refractivity contribution is 5.82. The number of carbonyl (C=O) groups is 1. The zero-order valence-corrected chi connectivity index (χ0v) is 19.2. The molecule has 1 amide bonds. The second-order valence-corrected chi connectivity index (χ2v) is 8.93. The molecule has 1 N–H and O–H groups in total. The van der Waals surface area contributed by atoms with E-state index >= 15 is 0 Å². The van der Waals surface area contributed by atoms with Crippen LogP contribution in [0.3, 0.4) is 0 Å². The number of benzene rings is 2. The Hall–Kier alpha value is -3.54. The molecule has 2 aliphatic heterocycles. The van der Waals surface area contributed by atoms with Gasteiger partial charge < -0.3 is 19.9 Å². The summed E-state index contributed by atoms with van der Waals surface area (Å²) in [5, 5.41) is 3.17. The highest BCUT2D eigenvalue weighted by Crippen LogP contribution is 2.39. The van der Waals surface area contributed by atoms with Crippen molar-refractivity contribution in [1.29, 1.82) is 0 Å². The molecule has 0 aliphatic carbocycles. The van der Waals surface area contributed by atoms with Crippen LogP contribution in [0.5, 0.6) is 5.75 Å². The van der Waals surface area contributed by atoms with Gasteiger partial charge in [0.25, 0.3) is 0 Å². The number of aryl methyl sites for hydroxylation is 1. The normalized spacial score (nSPS) is 19.5. The van der Waals surface area contributed by atoms with Gasteiger partial charge >= 0.3 is 0 Å². The number of fused-ring (bicyclic) bond motifs is 3. The van der Waals surface area contributed by atoms with Crippen molar-refractivity contribution in [2.45, 2.75) is 25.9 Å². The number of pyridine rings is 1. The van der Waals surface area contributed by atoms with Gasteiger partial charge in [-0.1, -0.05) is 29.8 Å². The molecule has 6 heteroatoms. The average molecular weight is 443 g/mol. The molecule has 1 aromatic heterocycles. The molecule has 5 rings (SSSR count). The number of piperazine rings is 1. The Morgan fingerprint density at radius 1 is 1.15 bits per heavy atom. The third kappa shape index (κ3) is 4.38. The molecule has 3 heterocycles. The van der Waals surface area contributed by atoms with Gasteiger partial charge in [0.2, 0.25) is 5.91 Å². The summed E-state index contributed by atoms with van der Waals surface area (Å²) in [6, 6.07) is 18.9. The maximum atomic E-state index is 13.4. The van der Waals surface area contributed by atoms with E-state index in [0.29, 0.717) is 6.54 Å². The molecule has 170 valence electrons. The molecule has 6 nitrogen and oxygen atoms in total. The number of hydrogen-bond donors (Lipinski definition) is 1. The number of amides is 1. The van der Waals surface area contributed by atoms with Crippen molar-refractivity contribution in [1.82, 2.24) is 10.3 Å². The third-order valence-corrected chi connectivity index (χ3v) is 6.85. The number of nitrogens with one attached hydrogen (secondary N) is 1. The van der Waals surface area contributed by atoms with Crippen molar-refractivity contribution in [3.8, 4) is 5.75 Å². The Morgan fingerprint density at radius 3 is 2.76 bits per heavy atom. The van der Waals surface area contributed by atoms with Gasteiger partial charge in [0.15, 0.2) is 0 Å². The van der Waals surface area contributed by atoms with Crippen LogP contribution in [0.2, 0.25) is 0 Å². The van der Waals surface area contributed by atoms with Crippen molar-refractivity contribution in [3.05, 3.63) is 83.7 Å². The molecule has 0 bridgehead atoms. The fourth-order valence-electron chi connectivity index (χ4n) is 5.02. The van der Waals surface area contributed by atoms with Crippen LogP contribution in [-0.2, 0) is 17.8 Å². The minimum absolute atomic E-state index is 0.0913. The molecular weight excluding hydrogens is 412 g/mol. The molecule has 1 saturated heterocycles. The van der Waals surface area contributed by atoms with Gasteiger partial charge in [-0.3, -0.25) is 9.78 Å². The Bertz CT molecular complexity index is 1120. The molecular formula is C27H30N4O2. The number of ether oxygens (including phenoxy) is 1. The maximum Gasteiger partial charge on any atom is 0.225 e. The lowest BCUT2D eigenvalue weighted by Gasteiger charge is -2.49. The largest absolute Gasteiger partial charge is 0.497 e. The first-order chi connectivity index (χ1) is 16.1. The van der Waals surface area contributed by atoms with Crippen LogP contribution in [0.4, 0.5) is 11.4 Å². The standard InChI is InChI=1S/C27H30N4O2/c1-19-5-8-22(9-6-19)30-12-13-31-25-15-23(33-2)10-7-21(25)14-24(26(31)18-30)27(32)29-17-20-4-3-11-28-16-20/h3-11,15-16,24,26H,12-14,17-18H2,1-2H3,(H,29,32). The van der Waals surface area contributed by atoms with E-state index in [1.165, 1.54) is 22.5 Å². The van der Waals surface area contributed by atoms with E-state index in [2.05, 4.69) is 63.4 Å². The molecule has 3 aromatic rings. The highest BCUT2D eigenvalue weighted by atomic mass is 16.5. The number of hydrogen-bond acceptors (Lipinski definition) is 5. The van der Waals surface area contributed by atoms with Crippen molar-refractivity contribution in [3.63, 3.8) is 0 Å². The summed E-state index contributed by atoms with van der Waals surface area (Å²) in [7, 11) is 1.70. The minimum Gasteiger partial charge on any atom is -0.497 e. The zero-order chi connectivity index (χ0) is 22.8. The summed E-state index contributed by atoms with van der Waals surface area (Å²) in [4.78, 5) is 22.4. The molecule has 0 saturated carbocycles. The second kappa shape index (κ2) is 9.14. The number of aromatic nitrogens is 1. The molecule has 2 aliphatic rings. The smallest absolute Gasteiger partial charge is 0.225 e. The second-order valence-electron chi connectivity index (χ2n) is 8.93. The van der Waals surface area contributed by atoms with Gasteiger partial charge in [-0.15, -0.1) is 0 Å². The summed E-state index contributed by atoms with van der Waals surface area (Å²) in [5.41, 5.74) is 5.88. The molecule has 2 aromatic carbocycles. The number of anilines is 2. The fraction of sp³-hybridized carbons (Fsp3) is 0.333. The average Bonchev–Trinajstić information content (AvgIpc) is 2.87. The molecule has 0 spiro atoms. The third-order valence-electron chi connectivity index (χ3n) is 6.85. The Morgan fingerprint density at radius 2 is 2.00 bits per heavy atom. The summed E-state index contributed by atoms with van der Waals surface area (Å²) in [5.74, 6) is 0.824. The van der Waals surface area contributed by atoms with E-state index in [4.69, 9.17) is 4.74 Å². The lowest BCUT2D eigenvalue weighted by molar-refractivity contribution is -0.126. The first-order valence-electron chi connectivity index (χ1n) is 11.5. The Balaban J connectivity index is 1.42. The van der Waals surface area contributed by atoms with E-state index < -0.39 is 0 Å². The van der Waals surface area contributed by atoms with E-state index in [1.807, 2.05) is 18.2 Å². The molecule has 2 atom stereocenters. The van der Waals surface area contributed by atoms with Gasteiger partial charge in [0.05, 0.1) is 19.1 Å². The maximum absolute atomic E-state index is 13.4. The molecule has 2 unspecified atom stereocenters. The monoisotopic (exact) mass is 442 g/mol. The summed E-state index contributed by atoms with van der Waals surface area (Å²) in [6.45, 7) is 5.19. The van der Waals surface area contributed by atoms with Crippen LogP contribution in [0.1, 0.15) is 16.7 Å². The van der Waals surface area contributed by atoms with Gasteiger partial charge in [-0.2, -0.15) is 0 Å². The summed E-state index contributed by atoms with van der Waals surface area (Å²) in [6.07, 6.45) is 4.27. The van der Waals surface area contributed by atoms with Gasteiger partial charge in [0, 0.05) is 56.0 Å². The van der Waals surface area contributed by atoms with Crippen molar-refractivity contribution >= 4 is 17.3 Å². The molecule has 33 heavy (non-hydrogen) atoms. The number of carbonyl (C=O) groups excluding carboxylic acids is 1. The van der Waals surface area contributed by atoms with E-state index in [0.717, 1.165) is 37.4 Å². The van der Waals surface area contributed by atoms with Crippen molar-refractivity contribution in [2.75, 3.05) is 36.5 Å². The Kier molecular flexibility index (Phi) is 5.90. The summed E-state index contributed by atoms with van der Waals surface area (Å²) >= 11 is 0. The van der Waals surface area contributed by atoms with Crippen LogP contribution in [-0.4, -0.2) is 43.7 Å². The lowest BCUT2D eigenvalue weighted by Crippen LogP contribution is -2.61. The van der Waals surface area contributed by atoms with Crippen molar-refractivity contribution < 1.29 is 9.53 Å². The predicted octanol–water partition coefficient (Wildman–Crippen LogP) is 3.58. The van der Waals surface area contributed by atoms with Crippen LogP contribution in [0.15, 0.2) is 67.0 Å². The SMILES string of the molecule is COc1ccc2c(c1)N1CCN(c3ccc(C)cc3)CC1C(C(=O)NCc1cccnc1)C2. The van der Waals surface area contributed by atoms with Crippen LogP contribution in [0, 0.1) is 12.8 Å². The molecule has 1 fully saturated rings. The van der Waals surface area contributed by atoms with Crippen LogP contribution < -0.4 is 19.9 Å². The molecule has 0 radical (unpaired) electrons. The topological polar surface area (TPSA) is 57.7 Å². The number of rotatable bonds is 5. The van der Waals surface area contributed by atoms with E-state index in [1.54, 1.807) is 19.5 Å². The zero-order valence-electron chi connectivity index (χ0n) is 19.2. The predicted molar refractivity (Wildman–Crippen MR) is 131 cm³/mol. The highest BCUT2D eigenvalue weighted by Gasteiger charge is 2.41. The quantitative estimate of drug-likeness (QED) is 0.655.